The van der Waals surface area contributed by atoms with Gasteiger partial charge in [0.05, 0.1) is 24.0 Å². The van der Waals surface area contributed by atoms with Gasteiger partial charge in [0.25, 0.3) is 11.5 Å². The van der Waals surface area contributed by atoms with Gasteiger partial charge in [-0.15, -0.1) is 0 Å². The van der Waals surface area contributed by atoms with Gasteiger partial charge in [-0.05, 0) is 25.0 Å². The first-order valence-corrected chi connectivity index (χ1v) is 10.3. The first-order valence-electron chi connectivity index (χ1n) is 10.3. The number of carbonyl (C=O) groups excluding carboxylic acids is 1. The van der Waals surface area contributed by atoms with Crippen LogP contribution in [0.5, 0.6) is 0 Å². The van der Waals surface area contributed by atoms with E-state index in [9.17, 15) is 9.59 Å². The Hall–Kier alpha value is -4.19. The lowest BCUT2D eigenvalue weighted by Gasteiger charge is -2.35. The Balaban J connectivity index is 1.48. The molecular weight excluding hydrogens is 430 g/mol. The monoisotopic (exact) mass is 451 g/mol. The number of pyridine rings is 2. The molecule has 4 heterocycles. The molecule has 33 heavy (non-hydrogen) atoms. The van der Waals surface area contributed by atoms with Gasteiger partial charge in [-0.25, -0.2) is 9.97 Å². The molecule has 0 aliphatic heterocycles. The number of ether oxygens (including phenoxy) is 1. The van der Waals surface area contributed by atoms with Crippen molar-refractivity contribution >= 4 is 34.1 Å². The lowest BCUT2D eigenvalue weighted by molar-refractivity contribution is 0.00678. The SMILES string of the molecule is CNc1cc(Nc2cccn(-c3cnco3)c2=O)nc2c(C(=O)N[C@@H]3CC[C@H]3OC)onc12. The maximum atomic E-state index is 12.9. The molecule has 0 aromatic carbocycles. The van der Waals surface area contributed by atoms with E-state index in [1.54, 1.807) is 38.6 Å². The summed E-state index contributed by atoms with van der Waals surface area (Å²) in [5, 5.41) is 12.9. The summed E-state index contributed by atoms with van der Waals surface area (Å²) in [6, 6.07) is 4.88. The standard InChI is InChI=1S/C21H21N7O5/c1-22-13-8-15(24-12-4-3-7-28(21(12)30)16-9-23-10-32-16)26-18-17(13)27-33-19(18)20(29)25-11-5-6-14(11)31-2/h3-4,7-11,14,22H,5-6H2,1-2H3,(H,24,26)(H,25,29)/t11-,14-/m1/s1. The number of hydrogen-bond donors (Lipinski definition) is 3. The summed E-state index contributed by atoms with van der Waals surface area (Å²) in [5.74, 6) is 0.170. The quantitative estimate of drug-likeness (QED) is 0.381. The number of fused-ring (bicyclic) bond motifs is 1. The molecule has 1 amide bonds. The Labute approximate surface area is 186 Å². The van der Waals surface area contributed by atoms with Gasteiger partial charge < -0.3 is 29.6 Å². The summed E-state index contributed by atoms with van der Waals surface area (Å²) in [5.41, 5.74) is 1.14. The van der Waals surface area contributed by atoms with Crippen LogP contribution in [-0.2, 0) is 4.74 Å². The molecule has 1 fully saturated rings. The van der Waals surface area contributed by atoms with Crippen molar-refractivity contribution in [3.63, 3.8) is 0 Å². The predicted molar refractivity (Wildman–Crippen MR) is 118 cm³/mol. The number of methoxy groups -OCH3 is 1. The number of nitrogens with zero attached hydrogens (tertiary/aromatic N) is 4. The molecule has 5 rings (SSSR count). The Bertz CT molecular complexity index is 1360. The molecule has 3 N–H and O–H groups in total. The van der Waals surface area contributed by atoms with E-state index in [-0.39, 0.29) is 40.6 Å². The van der Waals surface area contributed by atoms with E-state index in [0.717, 1.165) is 12.8 Å². The highest BCUT2D eigenvalue weighted by Crippen LogP contribution is 2.29. The minimum atomic E-state index is -0.427. The highest BCUT2D eigenvalue weighted by atomic mass is 16.5. The van der Waals surface area contributed by atoms with Crippen LogP contribution in [0, 0.1) is 0 Å². The number of hydrogen-bond acceptors (Lipinski definition) is 10. The van der Waals surface area contributed by atoms with Crippen LogP contribution in [0.2, 0.25) is 0 Å². The molecule has 4 aromatic heterocycles. The predicted octanol–water partition coefficient (Wildman–Crippen LogP) is 2.05. The smallest absolute Gasteiger partial charge is 0.292 e. The molecule has 0 unspecified atom stereocenters. The van der Waals surface area contributed by atoms with Gasteiger partial charge in [-0.2, -0.15) is 0 Å². The molecule has 2 atom stereocenters. The van der Waals surface area contributed by atoms with E-state index in [2.05, 4.69) is 31.1 Å². The van der Waals surface area contributed by atoms with Crippen molar-refractivity contribution in [1.29, 1.82) is 0 Å². The van der Waals surface area contributed by atoms with E-state index in [0.29, 0.717) is 17.0 Å². The van der Waals surface area contributed by atoms with Crippen LogP contribution >= 0.6 is 0 Å². The second-order valence-electron chi connectivity index (χ2n) is 7.51. The summed E-state index contributed by atoms with van der Waals surface area (Å²) in [4.78, 5) is 34.1. The van der Waals surface area contributed by atoms with Crippen molar-refractivity contribution in [3.8, 4) is 5.88 Å². The molecular formula is C21H21N7O5. The minimum Gasteiger partial charge on any atom is -0.427 e. The highest BCUT2D eigenvalue weighted by molar-refractivity contribution is 6.05. The lowest BCUT2D eigenvalue weighted by atomic mass is 9.89. The molecule has 170 valence electrons. The zero-order valence-corrected chi connectivity index (χ0v) is 17.9. The minimum absolute atomic E-state index is 0.0148. The second kappa shape index (κ2) is 8.39. The largest absolute Gasteiger partial charge is 0.427 e. The molecule has 0 radical (unpaired) electrons. The topological polar surface area (TPSA) is 149 Å². The maximum absolute atomic E-state index is 12.9. The zero-order chi connectivity index (χ0) is 22.9. The van der Waals surface area contributed by atoms with Crippen molar-refractivity contribution in [2.45, 2.75) is 25.0 Å². The van der Waals surface area contributed by atoms with Crippen molar-refractivity contribution in [2.75, 3.05) is 24.8 Å². The average molecular weight is 451 g/mol. The van der Waals surface area contributed by atoms with Crippen molar-refractivity contribution < 1.29 is 18.5 Å². The summed E-state index contributed by atoms with van der Waals surface area (Å²) in [7, 11) is 3.33. The van der Waals surface area contributed by atoms with Crippen molar-refractivity contribution in [2.24, 2.45) is 0 Å². The fourth-order valence-electron chi connectivity index (χ4n) is 3.71. The highest BCUT2D eigenvalue weighted by Gasteiger charge is 2.34. The third-order valence-corrected chi connectivity index (χ3v) is 5.61. The van der Waals surface area contributed by atoms with Crippen molar-refractivity contribution in [3.05, 3.63) is 53.1 Å². The molecule has 1 aliphatic carbocycles. The van der Waals surface area contributed by atoms with Crippen LogP contribution in [0.3, 0.4) is 0 Å². The number of anilines is 3. The van der Waals surface area contributed by atoms with E-state index >= 15 is 0 Å². The lowest BCUT2D eigenvalue weighted by Crippen LogP contribution is -2.51. The van der Waals surface area contributed by atoms with Gasteiger partial charge in [0, 0.05) is 26.4 Å². The molecule has 1 saturated carbocycles. The van der Waals surface area contributed by atoms with E-state index in [1.807, 2.05) is 0 Å². The van der Waals surface area contributed by atoms with Gasteiger partial charge in [-0.1, -0.05) is 5.16 Å². The maximum Gasteiger partial charge on any atom is 0.292 e. The third kappa shape index (κ3) is 3.69. The molecule has 1 aliphatic rings. The Kier molecular flexibility index (Phi) is 5.26. The molecule has 12 heteroatoms. The van der Waals surface area contributed by atoms with Gasteiger partial charge >= 0.3 is 0 Å². The summed E-state index contributed by atoms with van der Waals surface area (Å²) >= 11 is 0. The zero-order valence-electron chi connectivity index (χ0n) is 17.9. The van der Waals surface area contributed by atoms with Gasteiger partial charge in [0.2, 0.25) is 11.6 Å². The molecule has 0 spiro atoms. The van der Waals surface area contributed by atoms with Crippen LogP contribution in [0.25, 0.3) is 16.9 Å². The fourth-order valence-corrected chi connectivity index (χ4v) is 3.71. The van der Waals surface area contributed by atoms with Crippen LogP contribution < -0.4 is 21.5 Å². The van der Waals surface area contributed by atoms with Crippen LogP contribution in [0.4, 0.5) is 17.2 Å². The van der Waals surface area contributed by atoms with Gasteiger partial charge in [0.1, 0.15) is 17.0 Å². The fraction of sp³-hybridized carbons (Fsp3) is 0.286. The summed E-state index contributed by atoms with van der Waals surface area (Å²) in [6.07, 6.45) is 5.94. The number of oxazole rings is 1. The summed E-state index contributed by atoms with van der Waals surface area (Å²) in [6.45, 7) is 0. The van der Waals surface area contributed by atoms with Crippen molar-refractivity contribution in [1.82, 2.24) is 25.0 Å². The Morgan fingerprint density at radius 2 is 2.15 bits per heavy atom. The van der Waals surface area contributed by atoms with E-state index in [4.69, 9.17) is 13.7 Å². The Morgan fingerprint density at radius 3 is 2.85 bits per heavy atom. The number of carbonyl (C=O) groups is 1. The second-order valence-corrected chi connectivity index (χ2v) is 7.51. The third-order valence-electron chi connectivity index (χ3n) is 5.61. The average Bonchev–Trinajstić information content (AvgIpc) is 3.48. The number of rotatable bonds is 7. The first-order chi connectivity index (χ1) is 16.1. The number of nitrogens with one attached hydrogen (secondary N) is 3. The molecule has 0 saturated heterocycles. The first kappa shape index (κ1) is 20.7. The van der Waals surface area contributed by atoms with Crippen LogP contribution in [-0.4, -0.2) is 51.9 Å². The normalized spacial score (nSPS) is 17.5. The number of aromatic nitrogens is 4. The van der Waals surface area contributed by atoms with Gasteiger partial charge in [0.15, 0.2) is 11.9 Å². The van der Waals surface area contributed by atoms with Gasteiger partial charge in [-0.3, -0.25) is 14.2 Å². The van der Waals surface area contributed by atoms with Crippen LogP contribution in [0.15, 0.2) is 50.7 Å². The van der Waals surface area contributed by atoms with E-state index < -0.39 is 5.91 Å². The molecule has 12 nitrogen and oxygen atoms in total. The Morgan fingerprint density at radius 1 is 1.27 bits per heavy atom. The molecule has 0 bridgehead atoms. The summed E-state index contributed by atoms with van der Waals surface area (Å²) < 4.78 is 17.2. The van der Waals surface area contributed by atoms with E-state index in [1.165, 1.54) is 17.2 Å². The molecule has 4 aromatic rings. The van der Waals surface area contributed by atoms with Crippen LogP contribution in [0.1, 0.15) is 23.4 Å². The number of amides is 1.